The Kier molecular flexibility index (Phi) is 4.27. The van der Waals surface area contributed by atoms with Gasteiger partial charge in [0.25, 0.3) is 5.78 Å². The highest BCUT2D eigenvalue weighted by atomic mass is 19.1. The van der Waals surface area contributed by atoms with Crippen LogP contribution in [0.15, 0.2) is 36.4 Å². The molecule has 1 N–H and O–H groups in total. The predicted molar refractivity (Wildman–Crippen MR) is 120 cm³/mol. The van der Waals surface area contributed by atoms with Gasteiger partial charge in [-0.2, -0.15) is 4.98 Å². The molecule has 7 nitrogen and oxygen atoms in total. The van der Waals surface area contributed by atoms with Crippen molar-refractivity contribution in [1.29, 1.82) is 0 Å². The topological polar surface area (TPSA) is 61.6 Å². The quantitative estimate of drug-likeness (QED) is 0.540. The van der Waals surface area contributed by atoms with E-state index in [0.29, 0.717) is 22.8 Å². The molecule has 1 saturated heterocycles. The molecule has 1 fully saturated rings. The molecule has 4 heterocycles. The Balaban J connectivity index is 1.57. The first-order chi connectivity index (χ1) is 15.2. The van der Waals surface area contributed by atoms with E-state index >= 15 is 4.39 Å². The molecule has 31 heavy (non-hydrogen) atoms. The zero-order chi connectivity index (χ0) is 20.9. The van der Waals surface area contributed by atoms with Crippen LogP contribution in [0.5, 0.6) is 0 Å². The van der Waals surface area contributed by atoms with Gasteiger partial charge in [-0.3, -0.25) is 4.40 Å². The minimum atomic E-state index is -0.277. The van der Waals surface area contributed by atoms with Gasteiger partial charge in [0, 0.05) is 44.1 Å². The van der Waals surface area contributed by atoms with Crippen molar-refractivity contribution < 1.29 is 4.39 Å². The Morgan fingerprint density at radius 3 is 2.65 bits per heavy atom. The van der Waals surface area contributed by atoms with Gasteiger partial charge < -0.3 is 15.1 Å². The molecule has 0 amide bonds. The fraction of sp³-hybridized carbons (Fsp3) is 0.348. The number of aromatic nitrogens is 4. The first-order valence-corrected chi connectivity index (χ1v) is 10.9. The van der Waals surface area contributed by atoms with Crippen LogP contribution in [0.1, 0.15) is 17.8 Å². The van der Waals surface area contributed by atoms with E-state index in [0.717, 1.165) is 56.8 Å². The molecular weight excluding hydrogens is 393 g/mol. The summed E-state index contributed by atoms with van der Waals surface area (Å²) < 4.78 is 17.0. The highest BCUT2D eigenvalue weighted by molar-refractivity contribution is 5.95. The third kappa shape index (κ3) is 2.85. The zero-order valence-corrected chi connectivity index (χ0v) is 17.5. The Morgan fingerprint density at radius 2 is 1.77 bits per heavy atom. The molecular formula is C23H24FN7. The van der Waals surface area contributed by atoms with Crippen molar-refractivity contribution in [2.75, 3.05) is 42.5 Å². The average Bonchev–Trinajstić information content (AvgIpc) is 3.19. The third-order valence-electron chi connectivity index (χ3n) is 6.41. The van der Waals surface area contributed by atoms with Gasteiger partial charge in [-0.25, -0.2) is 4.39 Å². The molecule has 0 atom stereocenters. The van der Waals surface area contributed by atoms with Gasteiger partial charge in [-0.15, -0.1) is 10.2 Å². The number of halogens is 1. The predicted octanol–water partition coefficient (Wildman–Crippen LogP) is 3.22. The molecule has 0 unspecified atom stereocenters. The van der Waals surface area contributed by atoms with Crippen LogP contribution in [0.2, 0.25) is 0 Å². The molecule has 0 radical (unpaired) electrons. The van der Waals surface area contributed by atoms with Gasteiger partial charge in [0.15, 0.2) is 0 Å². The van der Waals surface area contributed by atoms with E-state index in [2.05, 4.69) is 43.5 Å². The number of anilines is 3. The molecule has 2 aromatic carbocycles. The summed E-state index contributed by atoms with van der Waals surface area (Å²) in [4.78, 5) is 9.42. The first kappa shape index (κ1) is 18.5. The fourth-order valence-corrected chi connectivity index (χ4v) is 5.00. The fourth-order valence-electron chi connectivity index (χ4n) is 5.00. The Bertz CT molecular complexity index is 1290. The van der Waals surface area contributed by atoms with Crippen molar-refractivity contribution in [1.82, 2.24) is 24.9 Å². The van der Waals surface area contributed by atoms with Crippen molar-refractivity contribution in [2.24, 2.45) is 0 Å². The Labute approximate surface area is 179 Å². The van der Waals surface area contributed by atoms with Gasteiger partial charge in [-0.1, -0.05) is 12.1 Å². The summed E-state index contributed by atoms with van der Waals surface area (Å²) in [5.41, 5.74) is 4.46. The van der Waals surface area contributed by atoms with Crippen molar-refractivity contribution in [3.8, 4) is 0 Å². The van der Waals surface area contributed by atoms with Crippen LogP contribution in [0, 0.1) is 12.7 Å². The van der Waals surface area contributed by atoms with Crippen molar-refractivity contribution >= 4 is 33.9 Å². The van der Waals surface area contributed by atoms with Crippen molar-refractivity contribution in [3.05, 3.63) is 53.6 Å². The number of nitrogens with zero attached hydrogens (tertiary/aromatic N) is 6. The minimum Gasteiger partial charge on any atom is -0.369 e. The summed E-state index contributed by atoms with van der Waals surface area (Å²) in [6.45, 7) is 6.63. The lowest BCUT2D eigenvalue weighted by Gasteiger charge is -2.36. The molecule has 2 aliphatic rings. The number of hydrogen-bond donors (Lipinski definition) is 1. The van der Waals surface area contributed by atoms with E-state index < -0.39 is 0 Å². The molecule has 0 aliphatic carbocycles. The summed E-state index contributed by atoms with van der Waals surface area (Å²) in [5.74, 6) is 1.53. The third-order valence-corrected chi connectivity index (χ3v) is 6.41. The molecule has 2 aromatic heterocycles. The maximum atomic E-state index is 15.2. The van der Waals surface area contributed by atoms with Crippen LogP contribution < -0.4 is 15.1 Å². The van der Waals surface area contributed by atoms with Gasteiger partial charge in [0.05, 0.1) is 10.9 Å². The molecule has 0 bridgehead atoms. The number of piperazine rings is 1. The lowest BCUT2D eigenvalue weighted by atomic mass is 9.98. The van der Waals surface area contributed by atoms with E-state index in [-0.39, 0.29) is 5.82 Å². The molecule has 6 rings (SSSR count). The smallest absolute Gasteiger partial charge is 0.257 e. The summed E-state index contributed by atoms with van der Waals surface area (Å²) in [6, 6.07) is 11.6. The van der Waals surface area contributed by atoms with Crippen LogP contribution in [-0.2, 0) is 6.42 Å². The zero-order valence-electron chi connectivity index (χ0n) is 17.5. The van der Waals surface area contributed by atoms with E-state index in [4.69, 9.17) is 4.98 Å². The summed E-state index contributed by atoms with van der Waals surface area (Å²) in [7, 11) is 0. The van der Waals surface area contributed by atoms with Gasteiger partial charge in [0.2, 0.25) is 0 Å². The molecule has 158 valence electrons. The van der Waals surface area contributed by atoms with Crippen molar-refractivity contribution in [2.45, 2.75) is 19.8 Å². The SMILES string of the molecule is Cc1nnc2nc(N3CCCc4c(N5CCNCC5)cccc43)c3c(F)cccc3n12. The summed E-state index contributed by atoms with van der Waals surface area (Å²) >= 11 is 0. The first-order valence-electron chi connectivity index (χ1n) is 10.9. The second-order valence-electron chi connectivity index (χ2n) is 8.22. The van der Waals surface area contributed by atoms with E-state index in [1.54, 1.807) is 6.07 Å². The van der Waals surface area contributed by atoms with Crippen LogP contribution in [-0.4, -0.2) is 52.3 Å². The second-order valence-corrected chi connectivity index (χ2v) is 8.22. The molecule has 2 aliphatic heterocycles. The Morgan fingerprint density at radius 1 is 0.968 bits per heavy atom. The maximum absolute atomic E-state index is 15.2. The second kappa shape index (κ2) is 7.16. The molecule has 0 saturated carbocycles. The van der Waals surface area contributed by atoms with Gasteiger partial charge in [0.1, 0.15) is 17.5 Å². The number of rotatable bonds is 2. The lowest BCUT2D eigenvalue weighted by molar-refractivity contribution is 0.586. The molecule has 8 heteroatoms. The van der Waals surface area contributed by atoms with Crippen LogP contribution in [0.25, 0.3) is 16.7 Å². The van der Waals surface area contributed by atoms with Crippen molar-refractivity contribution in [3.63, 3.8) is 0 Å². The van der Waals surface area contributed by atoms with E-state index in [1.165, 1.54) is 17.3 Å². The Hall–Kier alpha value is -3.26. The number of nitrogens with one attached hydrogen (secondary N) is 1. The maximum Gasteiger partial charge on any atom is 0.257 e. The van der Waals surface area contributed by atoms with Crippen LogP contribution >= 0.6 is 0 Å². The standard InChI is InChI=1S/C23H24FN7/c1-15-27-28-23-26-22(21-17(24)6-2-9-20(21)31(15)23)30-12-4-5-16-18(7-3-8-19(16)30)29-13-10-25-11-14-29/h2-3,6-9,25H,4-5,10-14H2,1H3. The van der Waals surface area contributed by atoms with Crippen LogP contribution in [0.3, 0.4) is 0 Å². The molecule has 0 spiro atoms. The van der Waals surface area contributed by atoms with E-state index in [1.807, 2.05) is 17.4 Å². The monoisotopic (exact) mass is 417 g/mol. The van der Waals surface area contributed by atoms with Gasteiger partial charge >= 0.3 is 0 Å². The summed E-state index contributed by atoms with van der Waals surface area (Å²) in [5, 5.41) is 12.4. The molecule has 4 aromatic rings. The van der Waals surface area contributed by atoms with Gasteiger partial charge in [-0.05, 0) is 49.6 Å². The lowest BCUT2D eigenvalue weighted by Crippen LogP contribution is -2.44. The number of fused-ring (bicyclic) bond motifs is 4. The highest BCUT2D eigenvalue weighted by Gasteiger charge is 2.27. The number of aryl methyl sites for hydroxylation is 1. The largest absolute Gasteiger partial charge is 0.369 e. The number of hydrogen-bond acceptors (Lipinski definition) is 6. The summed E-state index contributed by atoms with van der Waals surface area (Å²) in [6.07, 6.45) is 2.00. The normalized spacial score (nSPS) is 16.8. The highest BCUT2D eigenvalue weighted by Crippen LogP contribution is 2.41. The average molecular weight is 417 g/mol. The van der Waals surface area contributed by atoms with E-state index in [9.17, 15) is 0 Å². The number of benzene rings is 2. The van der Waals surface area contributed by atoms with Crippen LogP contribution in [0.4, 0.5) is 21.6 Å². The minimum absolute atomic E-state index is 0.277.